The third-order valence-corrected chi connectivity index (χ3v) is 6.00. The fourth-order valence-electron chi connectivity index (χ4n) is 4.41. The number of nitrogens with one attached hydrogen (secondary N) is 1. The molecule has 156 valence electrons. The number of amides is 1. The Balaban J connectivity index is 1.34. The molecule has 1 aromatic carbocycles. The summed E-state index contributed by atoms with van der Waals surface area (Å²) in [5.41, 5.74) is 2.99. The van der Waals surface area contributed by atoms with E-state index in [-0.39, 0.29) is 23.8 Å². The van der Waals surface area contributed by atoms with E-state index >= 15 is 0 Å². The maximum Gasteiger partial charge on any atom is 0.228 e. The van der Waals surface area contributed by atoms with Crippen molar-refractivity contribution in [3.05, 3.63) is 66.9 Å². The molecule has 1 amide bonds. The maximum atomic E-state index is 13.0. The molecule has 3 aromatic rings. The molecule has 1 atom stereocenters. The first-order valence-corrected chi connectivity index (χ1v) is 10.8. The summed E-state index contributed by atoms with van der Waals surface area (Å²) in [7, 11) is 0. The lowest BCUT2D eigenvalue weighted by atomic mass is 9.86. The third-order valence-electron chi connectivity index (χ3n) is 6.00. The molecule has 1 saturated carbocycles. The van der Waals surface area contributed by atoms with E-state index in [1.54, 1.807) is 12.5 Å². The largest absolute Gasteiger partial charge is 0.353 e. The summed E-state index contributed by atoms with van der Waals surface area (Å²) in [6.07, 6.45) is 11.2. The standard InChI is InChI=1S/C24H29N5O/c1-17(2)23(18-6-4-3-5-7-18)24(30)28-20-8-10-21(11-9-20)29-15-19(14-27-29)22-12-13-25-16-26-22/h3-7,12-17,20-21,23H,8-11H2,1-2H3,(H,28,30). The number of rotatable bonds is 6. The fourth-order valence-corrected chi connectivity index (χ4v) is 4.41. The van der Waals surface area contributed by atoms with Crippen LogP contribution in [-0.4, -0.2) is 31.7 Å². The summed E-state index contributed by atoms with van der Waals surface area (Å²) in [4.78, 5) is 21.3. The second-order valence-electron chi connectivity index (χ2n) is 8.45. The van der Waals surface area contributed by atoms with Crippen molar-refractivity contribution in [2.45, 2.75) is 57.5 Å². The van der Waals surface area contributed by atoms with Crippen molar-refractivity contribution in [1.29, 1.82) is 0 Å². The van der Waals surface area contributed by atoms with E-state index in [1.165, 1.54) is 0 Å². The minimum absolute atomic E-state index is 0.106. The lowest BCUT2D eigenvalue weighted by molar-refractivity contribution is -0.124. The lowest BCUT2D eigenvalue weighted by Crippen LogP contribution is -2.41. The SMILES string of the molecule is CC(C)C(C(=O)NC1CCC(n2cc(-c3ccncn3)cn2)CC1)c1ccccc1. The molecule has 1 aliphatic carbocycles. The number of carbonyl (C=O) groups is 1. The van der Waals surface area contributed by atoms with Crippen molar-refractivity contribution in [1.82, 2.24) is 25.1 Å². The van der Waals surface area contributed by atoms with Crippen LogP contribution in [0.3, 0.4) is 0 Å². The number of nitrogens with zero attached hydrogens (tertiary/aromatic N) is 4. The minimum Gasteiger partial charge on any atom is -0.353 e. The predicted molar refractivity (Wildman–Crippen MR) is 117 cm³/mol. The smallest absolute Gasteiger partial charge is 0.228 e. The van der Waals surface area contributed by atoms with Gasteiger partial charge in [-0.15, -0.1) is 0 Å². The molecule has 6 nitrogen and oxygen atoms in total. The number of benzene rings is 1. The van der Waals surface area contributed by atoms with Gasteiger partial charge in [-0.2, -0.15) is 5.10 Å². The monoisotopic (exact) mass is 403 g/mol. The second-order valence-corrected chi connectivity index (χ2v) is 8.45. The molecule has 1 unspecified atom stereocenters. The van der Waals surface area contributed by atoms with Crippen molar-refractivity contribution in [3.8, 4) is 11.3 Å². The van der Waals surface area contributed by atoms with Crippen LogP contribution < -0.4 is 5.32 Å². The molecular weight excluding hydrogens is 374 g/mol. The Hall–Kier alpha value is -3.02. The van der Waals surface area contributed by atoms with Crippen LogP contribution in [0.2, 0.25) is 0 Å². The van der Waals surface area contributed by atoms with Gasteiger partial charge < -0.3 is 5.32 Å². The third kappa shape index (κ3) is 4.58. The summed E-state index contributed by atoms with van der Waals surface area (Å²) in [6.45, 7) is 4.22. The highest BCUT2D eigenvalue weighted by atomic mass is 16.2. The first kappa shape index (κ1) is 20.3. The van der Waals surface area contributed by atoms with Crippen LogP contribution in [0.15, 0.2) is 61.3 Å². The van der Waals surface area contributed by atoms with Gasteiger partial charge >= 0.3 is 0 Å². The van der Waals surface area contributed by atoms with E-state index in [0.29, 0.717) is 6.04 Å². The van der Waals surface area contributed by atoms with Crippen LogP contribution in [0.1, 0.15) is 57.1 Å². The average molecular weight is 404 g/mol. The van der Waals surface area contributed by atoms with Crippen molar-refractivity contribution in [2.75, 3.05) is 0 Å². The van der Waals surface area contributed by atoms with Crippen molar-refractivity contribution in [2.24, 2.45) is 5.92 Å². The molecule has 1 aliphatic rings. The van der Waals surface area contributed by atoms with E-state index < -0.39 is 0 Å². The summed E-state index contributed by atoms with van der Waals surface area (Å²) in [5, 5.41) is 7.88. The van der Waals surface area contributed by atoms with Crippen LogP contribution in [0.25, 0.3) is 11.3 Å². The fraction of sp³-hybridized carbons (Fsp3) is 0.417. The van der Waals surface area contributed by atoms with Gasteiger partial charge in [0.05, 0.1) is 23.9 Å². The topological polar surface area (TPSA) is 72.7 Å². The highest BCUT2D eigenvalue weighted by Crippen LogP contribution is 2.31. The van der Waals surface area contributed by atoms with E-state index in [4.69, 9.17) is 0 Å². The van der Waals surface area contributed by atoms with Crippen LogP contribution in [0.5, 0.6) is 0 Å². The van der Waals surface area contributed by atoms with Gasteiger partial charge in [0, 0.05) is 24.0 Å². The number of aromatic nitrogens is 4. The van der Waals surface area contributed by atoms with Gasteiger partial charge in [0.15, 0.2) is 0 Å². The summed E-state index contributed by atoms with van der Waals surface area (Å²) in [5.74, 6) is 0.295. The first-order valence-electron chi connectivity index (χ1n) is 10.8. The Labute approximate surface area is 177 Å². The Morgan fingerprint density at radius 1 is 1.10 bits per heavy atom. The summed E-state index contributed by atoms with van der Waals surface area (Å²) < 4.78 is 2.05. The van der Waals surface area contributed by atoms with E-state index in [2.05, 4.69) is 45.1 Å². The van der Waals surface area contributed by atoms with Gasteiger partial charge in [-0.1, -0.05) is 44.2 Å². The lowest BCUT2D eigenvalue weighted by Gasteiger charge is -2.31. The minimum atomic E-state index is -0.106. The Kier molecular flexibility index (Phi) is 6.21. The molecule has 6 heteroatoms. The molecule has 2 heterocycles. The van der Waals surface area contributed by atoms with Gasteiger partial charge in [0.25, 0.3) is 0 Å². The Bertz CT molecular complexity index is 946. The zero-order chi connectivity index (χ0) is 20.9. The van der Waals surface area contributed by atoms with Gasteiger partial charge in [0.2, 0.25) is 5.91 Å². The molecule has 0 radical (unpaired) electrons. The summed E-state index contributed by atoms with van der Waals surface area (Å²) >= 11 is 0. The van der Waals surface area contributed by atoms with E-state index in [0.717, 1.165) is 42.5 Å². The average Bonchev–Trinajstić information content (AvgIpc) is 3.26. The van der Waals surface area contributed by atoms with Crippen LogP contribution >= 0.6 is 0 Å². The Morgan fingerprint density at radius 3 is 2.53 bits per heavy atom. The quantitative estimate of drug-likeness (QED) is 0.663. The highest BCUT2D eigenvalue weighted by molar-refractivity contribution is 5.84. The molecule has 1 fully saturated rings. The van der Waals surface area contributed by atoms with Crippen molar-refractivity contribution in [3.63, 3.8) is 0 Å². The van der Waals surface area contributed by atoms with E-state index in [9.17, 15) is 4.79 Å². The van der Waals surface area contributed by atoms with Gasteiger partial charge in [-0.3, -0.25) is 9.48 Å². The number of hydrogen-bond acceptors (Lipinski definition) is 4. The molecule has 1 N–H and O–H groups in total. The normalized spacial score (nSPS) is 20.1. The predicted octanol–water partition coefficient (Wildman–Crippen LogP) is 4.38. The molecular formula is C24H29N5O. The zero-order valence-corrected chi connectivity index (χ0v) is 17.6. The summed E-state index contributed by atoms with van der Waals surface area (Å²) in [6, 6.07) is 12.6. The van der Waals surface area contributed by atoms with Crippen LogP contribution in [-0.2, 0) is 4.79 Å². The van der Waals surface area contributed by atoms with Gasteiger partial charge in [0.1, 0.15) is 6.33 Å². The zero-order valence-electron chi connectivity index (χ0n) is 17.6. The molecule has 0 aliphatic heterocycles. The maximum absolute atomic E-state index is 13.0. The molecule has 0 bridgehead atoms. The first-order chi connectivity index (χ1) is 14.6. The second kappa shape index (κ2) is 9.20. The van der Waals surface area contributed by atoms with Crippen LogP contribution in [0, 0.1) is 5.92 Å². The molecule has 30 heavy (non-hydrogen) atoms. The van der Waals surface area contributed by atoms with Crippen LogP contribution in [0.4, 0.5) is 0 Å². The Morgan fingerprint density at radius 2 is 1.87 bits per heavy atom. The van der Waals surface area contributed by atoms with E-state index in [1.807, 2.05) is 42.6 Å². The number of carbonyl (C=O) groups excluding carboxylic acids is 1. The van der Waals surface area contributed by atoms with Crippen molar-refractivity contribution >= 4 is 5.91 Å². The van der Waals surface area contributed by atoms with Gasteiger partial charge in [-0.25, -0.2) is 9.97 Å². The molecule has 0 saturated heterocycles. The molecule has 0 spiro atoms. The van der Waals surface area contributed by atoms with Crippen molar-refractivity contribution < 1.29 is 4.79 Å². The highest BCUT2D eigenvalue weighted by Gasteiger charge is 2.29. The number of hydrogen-bond donors (Lipinski definition) is 1. The molecule has 2 aromatic heterocycles. The molecule has 4 rings (SSSR count). The van der Waals surface area contributed by atoms with Gasteiger partial charge in [-0.05, 0) is 43.2 Å².